The SMILES string of the molecule is Cc1ccc(NC(=O)Cc2cccc(N)c2)cc1O. The van der Waals surface area contributed by atoms with E-state index in [4.69, 9.17) is 5.73 Å². The summed E-state index contributed by atoms with van der Waals surface area (Å²) in [5, 5.41) is 12.3. The zero-order chi connectivity index (χ0) is 13.8. The van der Waals surface area contributed by atoms with Crippen molar-refractivity contribution in [2.45, 2.75) is 13.3 Å². The van der Waals surface area contributed by atoms with Crippen LogP contribution in [0.15, 0.2) is 42.5 Å². The van der Waals surface area contributed by atoms with Gasteiger partial charge in [-0.05, 0) is 36.2 Å². The molecule has 0 radical (unpaired) electrons. The van der Waals surface area contributed by atoms with Gasteiger partial charge < -0.3 is 16.2 Å². The van der Waals surface area contributed by atoms with E-state index in [0.29, 0.717) is 11.4 Å². The predicted molar refractivity (Wildman–Crippen MR) is 76.0 cm³/mol. The Hall–Kier alpha value is -2.49. The lowest BCUT2D eigenvalue weighted by Gasteiger charge is -2.07. The molecule has 98 valence electrons. The molecule has 0 aromatic heterocycles. The van der Waals surface area contributed by atoms with Gasteiger partial charge in [-0.3, -0.25) is 4.79 Å². The molecule has 2 rings (SSSR count). The average Bonchev–Trinajstić information content (AvgIpc) is 2.34. The summed E-state index contributed by atoms with van der Waals surface area (Å²) in [5.41, 5.74) is 8.50. The topological polar surface area (TPSA) is 75.4 Å². The molecule has 0 saturated carbocycles. The molecule has 0 aliphatic heterocycles. The highest BCUT2D eigenvalue weighted by Gasteiger charge is 2.05. The van der Waals surface area contributed by atoms with E-state index in [2.05, 4.69) is 5.32 Å². The van der Waals surface area contributed by atoms with Crippen molar-refractivity contribution < 1.29 is 9.90 Å². The molecule has 2 aromatic carbocycles. The van der Waals surface area contributed by atoms with Gasteiger partial charge in [0.15, 0.2) is 0 Å². The van der Waals surface area contributed by atoms with Gasteiger partial charge in [-0.25, -0.2) is 0 Å². The summed E-state index contributed by atoms with van der Waals surface area (Å²) in [6, 6.07) is 12.3. The Kier molecular flexibility index (Phi) is 3.71. The van der Waals surface area contributed by atoms with Gasteiger partial charge in [-0.15, -0.1) is 0 Å². The van der Waals surface area contributed by atoms with Gasteiger partial charge in [-0.1, -0.05) is 18.2 Å². The maximum absolute atomic E-state index is 11.9. The number of aryl methyl sites for hydroxylation is 1. The van der Waals surface area contributed by atoms with Crippen LogP contribution in [0.2, 0.25) is 0 Å². The van der Waals surface area contributed by atoms with Crippen LogP contribution in [-0.4, -0.2) is 11.0 Å². The Morgan fingerprint density at radius 1 is 1.26 bits per heavy atom. The van der Waals surface area contributed by atoms with Crippen molar-refractivity contribution in [3.63, 3.8) is 0 Å². The third kappa shape index (κ3) is 3.48. The number of amides is 1. The molecule has 4 nitrogen and oxygen atoms in total. The number of hydrogen-bond donors (Lipinski definition) is 3. The minimum absolute atomic E-state index is 0.145. The van der Waals surface area contributed by atoms with Crippen LogP contribution in [0, 0.1) is 6.92 Å². The van der Waals surface area contributed by atoms with E-state index in [1.165, 1.54) is 6.07 Å². The van der Waals surface area contributed by atoms with Crippen molar-refractivity contribution in [2.75, 3.05) is 11.1 Å². The number of anilines is 2. The summed E-state index contributed by atoms with van der Waals surface area (Å²) in [6.45, 7) is 1.80. The summed E-state index contributed by atoms with van der Waals surface area (Å²) in [7, 11) is 0. The summed E-state index contributed by atoms with van der Waals surface area (Å²) in [4.78, 5) is 11.9. The zero-order valence-electron chi connectivity index (χ0n) is 10.7. The summed E-state index contributed by atoms with van der Waals surface area (Å²) < 4.78 is 0. The summed E-state index contributed by atoms with van der Waals surface area (Å²) in [6.07, 6.45) is 0.250. The van der Waals surface area contributed by atoms with Crippen LogP contribution in [-0.2, 0) is 11.2 Å². The van der Waals surface area contributed by atoms with Crippen LogP contribution in [0.5, 0.6) is 5.75 Å². The fourth-order valence-electron chi connectivity index (χ4n) is 1.78. The first kappa shape index (κ1) is 13.0. The molecule has 1 amide bonds. The highest BCUT2D eigenvalue weighted by atomic mass is 16.3. The second kappa shape index (κ2) is 5.44. The molecule has 0 spiro atoms. The first-order chi connectivity index (χ1) is 9.04. The first-order valence-corrected chi connectivity index (χ1v) is 5.98. The second-order valence-electron chi connectivity index (χ2n) is 4.47. The maximum Gasteiger partial charge on any atom is 0.228 e. The lowest BCUT2D eigenvalue weighted by Crippen LogP contribution is -2.14. The number of carbonyl (C=O) groups is 1. The van der Waals surface area contributed by atoms with Crippen LogP contribution < -0.4 is 11.1 Å². The Balaban J connectivity index is 2.03. The Labute approximate surface area is 111 Å². The number of nitrogens with one attached hydrogen (secondary N) is 1. The number of nitrogens with two attached hydrogens (primary N) is 1. The maximum atomic E-state index is 11.9. The molecular weight excluding hydrogens is 240 g/mol. The third-order valence-corrected chi connectivity index (χ3v) is 2.81. The minimum Gasteiger partial charge on any atom is -0.508 e. The molecule has 4 N–H and O–H groups in total. The van der Waals surface area contributed by atoms with E-state index in [1.54, 1.807) is 31.2 Å². The lowest BCUT2D eigenvalue weighted by molar-refractivity contribution is -0.115. The molecule has 19 heavy (non-hydrogen) atoms. The summed E-state index contributed by atoms with van der Waals surface area (Å²) >= 11 is 0. The highest BCUT2D eigenvalue weighted by Crippen LogP contribution is 2.21. The monoisotopic (exact) mass is 256 g/mol. The Morgan fingerprint density at radius 2 is 2.05 bits per heavy atom. The van der Waals surface area contributed by atoms with Gasteiger partial charge in [0, 0.05) is 17.4 Å². The van der Waals surface area contributed by atoms with Crippen molar-refractivity contribution >= 4 is 17.3 Å². The van der Waals surface area contributed by atoms with Crippen LogP contribution in [0.25, 0.3) is 0 Å². The van der Waals surface area contributed by atoms with Crippen molar-refractivity contribution in [3.8, 4) is 5.75 Å². The van der Waals surface area contributed by atoms with Gasteiger partial charge >= 0.3 is 0 Å². The molecule has 0 fully saturated rings. The van der Waals surface area contributed by atoms with Crippen molar-refractivity contribution in [1.29, 1.82) is 0 Å². The normalized spacial score (nSPS) is 10.2. The van der Waals surface area contributed by atoms with Crippen LogP contribution >= 0.6 is 0 Å². The lowest BCUT2D eigenvalue weighted by atomic mass is 10.1. The number of phenols is 1. The predicted octanol–water partition coefficient (Wildman–Crippen LogP) is 2.46. The van der Waals surface area contributed by atoms with Crippen molar-refractivity contribution in [2.24, 2.45) is 0 Å². The Bertz CT molecular complexity index is 609. The molecule has 0 saturated heterocycles. The molecule has 0 aliphatic rings. The van der Waals surface area contributed by atoms with Crippen molar-refractivity contribution in [3.05, 3.63) is 53.6 Å². The molecule has 4 heteroatoms. The van der Waals surface area contributed by atoms with Crippen molar-refractivity contribution in [1.82, 2.24) is 0 Å². The molecule has 0 aliphatic carbocycles. The number of carbonyl (C=O) groups excluding carboxylic acids is 1. The van der Waals surface area contributed by atoms with Gasteiger partial charge in [0.2, 0.25) is 5.91 Å². The van der Waals surface area contributed by atoms with Gasteiger partial charge in [0.1, 0.15) is 5.75 Å². The summed E-state index contributed by atoms with van der Waals surface area (Å²) in [5.74, 6) is 0.0237. The van der Waals surface area contributed by atoms with E-state index in [1.807, 2.05) is 12.1 Å². The van der Waals surface area contributed by atoms with E-state index in [0.717, 1.165) is 11.1 Å². The van der Waals surface area contributed by atoms with E-state index < -0.39 is 0 Å². The molecule has 0 unspecified atom stereocenters. The number of hydrogen-bond acceptors (Lipinski definition) is 3. The van der Waals surface area contributed by atoms with E-state index in [9.17, 15) is 9.90 Å². The molecular formula is C15H16N2O2. The molecule has 0 atom stereocenters. The van der Waals surface area contributed by atoms with Gasteiger partial charge in [-0.2, -0.15) is 0 Å². The molecule has 0 bridgehead atoms. The molecule has 2 aromatic rings. The van der Waals surface area contributed by atoms with Gasteiger partial charge in [0.05, 0.1) is 6.42 Å². The average molecular weight is 256 g/mol. The minimum atomic E-state index is -0.145. The number of benzene rings is 2. The number of phenolic OH excluding ortho intramolecular Hbond substituents is 1. The zero-order valence-corrected chi connectivity index (χ0v) is 10.7. The molecule has 0 heterocycles. The van der Waals surface area contributed by atoms with E-state index >= 15 is 0 Å². The Morgan fingerprint density at radius 3 is 2.74 bits per heavy atom. The van der Waals surface area contributed by atoms with Gasteiger partial charge in [0.25, 0.3) is 0 Å². The quantitative estimate of drug-likeness (QED) is 0.738. The number of nitrogen functional groups attached to an aromatic ring is 1. The standard InChI is InChI=1S/C15H16N2O2/c1-10-5-6-13(9-14(10)18)17-15(19)8-11-3-2-4-12(16)7-11/h2-7,9,18H,8,16H2,1H3,(H,17,19). The van der Waals surface area contributed by atoms with Crippen LogP contribution in [0.4, 0.5) is 11.4 Å². The number of rotatable bonds is 3. The van der Waals surface area contributed by atoms with Crippen LogP contribution in [0.3, 0.4) is 0 Å². The third-order valence-electron chi connectivity index (χ3n) is 2.81. The van der Waals surface area contributed by atoms with E-state index in [-0.39, 0.29) is 18.1 Å². The largest absolute Gasteiger partial charge is 0.508 e. The second-order valence-corrected chi connectivity index (χ2v) is 4.47. The van der Waals surface area contributed by atoms with Crippen LogP contribution in [0.1, 0.15) is 11.1 Å². The smallest absolute Gasteiger partial charge is 0.228 e. The number of aromatic hydroxyl groups is 1. The first-order valence-electron chi connectivity index (χ1n) is 5.98. The fraction of sp³-hybridized carbons (Fsp3) is 0.133. The fourth-order valence-corrected chi connectivity index (χ4v) is 1.78. The highest BCUT2D eigenvalue weighted by molar-refractivity contribution is 5.92.